The molecule has 1 atom stereocenters. The van der Waals surface area contributed by atoms with Gasteiger partial charge in [0.05, 0.1) is 21.6 Å². The zero-order valence-electron chi connectivity index (χ0n) is 16.5. The topological polar surface area (TPSA) is 77.8 Å². The molecule has 3 aliphatic rings. The van der Waals surface area contributed by atoms with Crippen molar-refractivity contribution in [2.45, 2.75) is 31.3 Å². The van der Waals surface area contributed by atoms with Gasteiger partial charge in [0.25, 0.3) is 0 Å². The van der Waals surface area contributed by atoms with Crippen LogP contribution in [0, 0.1) is 5.82 Å². The van der Waals surface area contributed by atoms with Crippen molar-refractivity contribution in [1.29, 1.82) is 0 Å². The Hall–Kier alpha value is -2.16. The lowest BCUT2D eigenvalue weighted by atomic mass is 10.1. The fraction of sp³-hybridized carbons (Fsp3) is 0.524. The smallest absolute Gasteiger partial charge is 0.341 e. The lowest BCUT2D eigenvalue weighted by Gasteiger charge is -2.33. The van der Waals surface area contributed by atoms with E-state index in [4.69, 9.17) is 11.6 Å². The second-order valence-electron chi connectivity index (χ2n) is 8.41. The van der Waals surface area contributed by atoms with Crippen molar-refractivity contribution in [3.05, 3.63) is 38.9 Å². The average molecular weight is 435 g/mol. The van der Waals surface area contributed by atoms with Gasteiger partial charge in [-0.25, -0.2) is 9.18 Å². The van der Waals surface area contributed by atoms with Gasteiger partial charge in [-0.15, -0.1) is 0 Å². The van der Waals surface area contributed by atoms with Crippen LogP contribution in [0.5, 0.6) is 0 Å². The first-order chi connectivity index (χ1) is 14.5. The molecule has 0 radical (unpaired) electrons. The summed E-state index contributed by atoms with van der Waals surface area (Å²) in [6.07, 6.45) is 4.07. The van der Waals surface area contributed by atoms with Crippen molar-refractivity contribution in [1.82, 2.24) is 14.8 Å². The Balaban J connectivity index is 1.58. The summed E-state index contributed by atoms with van der Waals surface area (Å²) in [6, 6.07) is 1.61. The highest BCUT2D eigenvalue weighted by Gasteiger charge is 2.34. The number of piperazine rings is 1. The standard InChI is InChI=1S/C21H24ClFN4O3/c22-17-18-14(20(28)15(21(29)30)11-27(18)12-1-2-12)9-16(23)19(17)26-6-3-13(10-26)25-7-4-24-5-8-25/h9,11-13,24H,1-8,10H2,(H,29,30). The van der Waals surface area contributed by atoms with Crippen molar-refractivity contribution < 1.29 is 14.3 Å². The number of carbonyl (C=O) groups is 1. The Kier molecular flexibility index (Phi) is 4.95. The Bertz CT molecular complexity index is 1080. The molecule has 1 aromatic carbocycles. The maximum atomic E-state index is 15.2. The van der Waals surface area contributed by atoms with Crippen LogP contribution in [0.4, 0.5) is 10.1 Å². The van der Waals surface area contributed by atoms with Gasteiger partial charge in [-0.05, 0) is 25.3 Å². The SMILES string of the molecule is O=C(O)c1cn(C2CC2)c2c(Cl)c(N3CCC(N4CCNCC4)C3)c(F)cc2c1=O. The maximum Gasteiger partial charge on any atom is 0.341 e. The molecule has 160 valence electrons. The highest BCUT2D eigenvalue weighted by atomic mass is 35.5. The molecule has 1 aliphatic carbocycles. The van der Waals surface area contributed by atoms with Gasteiger partial charge in [-0.2, -0.15) is 0 Å². The minimum absolute atomic E-state index is 0.0332. The number of hydrogen-bond acceptors (Lipinski definition) is 5. The molecule has 2 aliphatic heterocycles. The number of hydrogen-bond donors (Lipinski definition) is 2. The van der Waals surface area contributed by atoms with Crippen molar-refractivity contribution in [2.75, 3.05) is 44.2 Å². The van der Waals surface area contributed by atoms with E-state index in [0.29, 0.717) is 30.3 Å². The molecule has 30 heavy (non-hydrogen) atoms. The third-order valence-electron chi connectivity index (χ3n) is 6.50. The molecule has 3 fully saturated rings. The van der Waals surface area contributed by atoms with Gasteiger partial charge in [0.15, 0.2) is 0 Å². The third-order valence-corrected chi connectivity index (χ3v) is 6.86. The van der Waals surface area contributed by atoms with Crippen molar-refractivity contribution in [2.24, 2.45) is 0 Å². The average Bonchev–Trinajstić information content (AvgIpc) is 3.46. The van der Waals surface area contributed by atoms with E-state index < -0.39 is 17.2 Å². The minimum Gasteiger partial charge on any atom is -0.477 e. The van der Waals surface area contributed by atoms with Crippen LogP contribution < -0.4 is 15.6 Å². The molecule has 2 aromatic rings. The number of benzene rings is 1. The van der Waals surface area contributed by atoms with Gasteiger partial charge < -0.3 is 19.9 Å². The number of carboxylic acids is 1. The molecule has 9 heteroatoms. The zero-order valence-corrected chi connectivity index (χ0v) is 17.3. The molecule has 0 bridgehead atoms. The summed E-state index contributed by atoms with van der Waals surface area (Å²) in [5.74, 6) is -1.88. The molecule has 2 N–H and O–H groups in total. The van der Waals surface area contributed by atoms with Gasteiger partial charge in [0, 0.05) is 57.5 Å². The highest BCUT2D eigenvalue weighted by Crippen LogP contribution is 2.42. The first kappa shape index (κ1) is 19.8. The fourth-order valence-electron chi connectivity index (χ4n) is 4.80. The molecule has 3 heterocycles. The Labute approximate surface area is 178 Å². The van der Waals surface area contributed by atoms with E-state index >= 15 is 4.39 Å². The quantitative estimate of drug-likeness (QED) is 0.769. The van der Waals surface area contributed by atoms with E-state index in [2.05, 4.69) is 10.2 Å². The predicted molar refractivity (Wildman–Crippen MR) is 113 cm³/mol. The van der Waals surface area contributed by atoms with Crippen LogP contribution in [0.3, 0.4) is 0 Å². The summed E-state index contributed by atoms with van der Waals surface area (Å²) < 4.78 is 17.0. The molecule has 0 spiro atoms. The lowest BCUT2D eigenvalue weighted by Crippen LogP contribution is -2.49. The van der Waals surface area contributed by atoms with E-state index in [1.165, 1.54) is 12.3 Å². The first-order valence-corrected chi connectivity index (χ1v) is 10.8. The molecular formula is C21H24ClFN4O3. The number of halogens is 2. The van der Waals surface area contributed by atoms with Gasteiger partial charge in [-0.3, -0.25) is 9.69 Å². The number of carboxylic acid groups (broad SMARTS) is 1. The number of nitrogens with one attached hydrogen (secondary N) is 1. The third kappa shape index (κ3) is 3.27. The number of anilines is 1. The van der Waals surface area contributed by atoms with Crippen LogP contribution in [-0.4, -0.2) is 65.9 Å². The van der Waals surface area contributed by atoms with Gasteiger partial charge >= 0.3 is 5.97 Å². The second kappa shape index (κ2) is 7.51. The summed E-state index contributed by atoms with van der Waals surface area (Å²) in [5.41, 5.74) is -0.283. The van der Waals surface area contributed by atoms with Crippen molar-refractivity contribution in [3.8, 4) is 0 Å². The molecule has 1 aromatic heterocycles. The number of fused-ring (bicyclic) bond motifs is 1. The minimum atomic E-state index is -1.31. The lowest BCUT2D eigenvalue weighted by molar-refractivity contribution is 0.0695. The number of aromatic nitrogens is 1. The second-order valence-corrected chi connectivity index (χ2v) is 8.79. The van der Waals surface area contributed by atoms with Gasteiger partial charge in [-0.1, -0.05) is 11.6 Å². The maximum absolute atomic E-state index is 15.2. The van der Waals surface area contributed by atoms with Gasteiger partial charge in [0.2, 0.25) is 5.43 Å². The van der Waals surface area contributed by atoms with E-state index in [1.54, 1.807) is 4.57 Å². The number of rotatable bonds is 4. The molecular weight excluding hydrogens is 411 g/mol. The van der Waals surface area contributed by atoms with Crippen LogP contribution >= 0.6 is 11.6 Å². The highest BCUT2D eigenvalue weighted by molar-refractivity contribution is 6.38. The van der Waals surface area contributed by atoms with E-state index in [0.717, 1.165) is 45.4 Å². The monoisotopic (exact) mass is 434 g/mol. The Morgan fingerprint density at radius 3 is 2.57 bits per heavy atom. The molecule has 5 rings (SSSR count). The molecule has 1 saturated carbocycles. The molecule has 2 saturated heterocycles. The fourth-order valence-corrected chi connectivity index (χ4v) is 5.21. The van der Waals surface area contributed by atoms with Crippen LogP contribution in [0.1, 0.15) is 35.7 Å². The van der Waals surface area contributed by atoms with Crippen molar-refractivity contribution >= 4 is 34.2 Å². The van der Waals surface area contributed by atoms with E-state index in [9.17, 15) is 14.7 Å². The Morgan fingerprint density at radius 2 is 1.90 bits per heavy atom. The van der Waals surface area contributed by atoms with Crippen LogP contribution in [0.2, 0.25) is 5.02 Å². The van der Waals surface area contributed by atoms with Crippen LogP contribution in [-0.2, 0) is 0 Å². The summed E-state index contributed by atoms with van der Waals surface area (Å²) in [4.78, 5) is 28.7. The first-order valence-electron chi connectivity index (χ1n) is 10.5. The van der Waals surface area contributed by atoms with E-state index in [-0.39, 0.29) is 22.0 Å². The zero-order chi connectivity index (χ0) is 21.0. The molecule has 1 unspecified atom stereocenters. The predicted octanol–water partition coefficient (Wildman–Crippen LogP) is 2.31. The summed E-state index contributed by atoms with van der Waals surface area (Å²) in [7, 11) is 0. The summed E-state index contributed by atoms with van der Waals surface area (Å²) >= 11 is 6.73. The summed E-state index contributed by atoms with van der Waals surface area (Å²) in [5, 5.41) is 13.0. The molecule has 0 amide bonds. The largest absolute Gasteiger partial charge is 0.477 e. The number of pyridine rings is 1. The van der Waals surface area contributed by atoms with E-state index in [1.807, 2.05) is 4.90 Å². The summed E-state index contributed by atoms with van der Waals surface area (Å²) in [6.45, 7) is 5.25. The van der Waals surface area contributed by atoms with Crippen LogP contribution in [0.25, 0.3) is 10.9 Å². The van der Waals surface area contributed by atoms with Gasteiger partial charge in [0.1, 0.15) is 11.4 Å². The Morgan fingerprint density at radius 1 is 1.17 bits per heavy atom. The van der Waals surface area contributed by atoms with Crippen molar-refractivity contribution in [3.63, 3.8) is 0 Å². The number of aromatic carboxylic acids is 1. The molecule has 7 nitrogen and oxygen atoms in total. The van der Waals surface area contributed by atoms with Crippen LogP contribution in [0.15, 0.2) is 17.1 Å². The normalized spacial score (nSPS) is 22.7. The number of nitrogens with zero attached hydrogens (tertiary/aromatic N) is 3.